The first-order valence-electron chi connectivity index (χ1n) is 2.99. The summed E-state index contributed by atoms with van der Waals surface area (Å²) in [4.78, 5) is 22.6. The van der Waals surface area contributed by atoms with E-state index in [0.29, 0.717) is 0 Å². The Morgan fingerprint density at radius 1 is 1.36 bits per heavy atom. The van der Waals surface area contributed by atoms with Crippen molar-refractivity contribution in [3.63, 3.8) is 0 Å². The van der Waals surface area contributed by atoms with Crippen molar-refractivity contribution in [3.8, 4) is 0 Å². The standard InChI is InChI=1S/C6H11NO4/c1-7(2)4-5(8)11-6(9)10-3/h4H2,1-3H3. The second-order valence-electron chi connectivity index (χ2n) is 2.17. The molecule has 0 radical (unpaired) electrons. The van der Waals surface area contributed by atoms with Gasteiger partial charge in [0, 0.05) is 0 Å². The van der Waals surface area contributed by atoms with Gasteiger partial charge >= 0.3 is 12.1 Å². The van der Waals surface area contributed by atoms with Crippen LogP contribution in [0.4, 0.5) is 4.79 Å². The summed E-state index contributed by atoms with van der Waals surface area (Å²) in [5.41, 5.74) is 0. The van der Waals surface area contributed by atoms with Crippen molar-refractivity contribution in [2.45, 2.75) is 0 Å². The Hall–Kier alpha value is -1.10. The molecule has 64 valence electrons. The molecular weight excluding hydrogens is 150 g/mol. The molecule has 0 aliphatic heterocycles. The van der Waals surface area contributed by atoms with Crippen LogP contribution in [-0.4, -0.2) is 44.8 Å². The van der Waals surface area contributed by atoms with Crippen molar-refractivity contribution in [1.29, 1.82) is 0 Å². The lowest BCUT2D eigenvalue weighted by atomic mass is 10.6. The summed E-state index contributed by atoms with van der Waals surface area (Å²) in [6.45, 7) is 0.0646. The van der Waals surface area contributed by atoms with E-state index < -0.39 is 12.1 Å². The monoisotopic (exact) mass is 161 g/mol. The summed E-state index contributed by atoms with van der Waals surface area (Å²) in [5.74, 6) is -0.623. The number of rotatable bonds is 2. The van der Waals surface area contributed by atoms with E-state index in [1.807, 2.05) is 0 Å². The number of nitrogens with zero attached hydrogens (tertiary/aromatic N) is 1. The van der Waals surface area contributed by atoms with Gasteiger partial charge in [0.15, 0.2) is 0 Å². The van der Waals surface area contributed by atoms with Gasteiger partial charge in [0.1, 0.15) is 0 Å². The first kappa shape index (κ1) is 9.90. The Morgan fingerprint density at radius 2 is 1.91 bits per heavy atom. The van der Waals surface area contributed by atoms with Crippen LogP contribution in [0.5, 0.6) is 0 Å². The van der Waals surface area contributed by atoms with Gasteiger partial charge in [0.05, 0.1) is 13.7 Å². The van der Waals surface area contributed by atoms with E-state index in [1.54, 1.807) is 19.0 Å². The molecule has 0 heterocycles. The Kier molecular flexibility index (Phi) is 4.21. The SMILES string of the molecule is COC(=O)OC(=O)CN(C)C. The number of likely N-dealkylation sites (N-methyl/N-ethyl adjacent to an activating group) is 1. The molecule has 0 aromatic heterocycles. The van der Waals surface area contributed by atoms with Crippen molar-refractivity contribution < 1.29 is 19.1 Å². The molecule has 5 heteroatoms. The van der Waals surface area contributed by atoms with Gasteiger partial charge in [-0.1, -0.05) is 0 Å². The van der Waals surface area contributed by atoms with Crippen molar-refractivity contribution in [2.75, 3.05) is 27.7 Å². The molecule has 0 aromatic rings. The molecule has 0 spiro atoms. The molecule has 0 atom stereocenters. The fraction of sp³-hybridized carbons (Fsp3) is 0.667. The fourth-order valence-electron chi connectivity index (χ4n) is 0.425. The van der Waals surface area contributed by atoms with E-state index in [9.17, 15) is 9.59 Å². The van der Waals surface area contributed by atoms with Crippen molar-refractivity contribution in [2.24, 2.45) is 0 Å². The van der Waals surface area contributed by atoms with Gasteiger partial charge in [-0.2, -0.15) is 0 Å². The summed E-state index contributed by atoms with van der Waals surface area (Å²) in [6, 6.07) is 0. The molecule has 0 saturated heterocycles. The van der Waals surface area contributed by atoms with Crippen LogP contribution >= 0.6 is 0 Å². The highest BCUT2D eigenvalue weighted by Gasteiger charge is 2.10. The third kappa shape index (κ3) is 5.35. The zero-order chi connectivity index (χ0) is 8.85. The predicted octanol–water partition coefficient (Wildman–Crippen LogP) is -0.142. The van der Waals surface area contributed by atoms with Crippen LogP contribution < -0.4 is 0 Å². The van der Waals surface area contributed by atoms with Gasteiger partial charge in [0.2, 0.25) is 0 Å². The molecular formula is C6H11NO4. The molecule has 0 N–H and O–H groups in total. The Morgan fingerprint density at radius 3 is 2.27 bits per heavy atom. The highest BCUT2D eigenvalue weighted by atomic mass is 16.7. The molecule has 0 amide bonds. The number of esters is 1. The summed E-state index contributed by atoms with van der Waals surface area (Å²) < 4.78 is 8.27. The normalized spacial score (nSPS) is 9.45. The predicted molar refractivity (Wildman–Crippen MR) is 37.1 cm³/mol. The molecule has 0 aliphatic carbocycles. The Labute approximate surface area is 64.9 Å². The number of carbonyl (C=O) groups excluding carboxylic acids is 2. The topological polar surface area (TPSA) is 55.8 Å². The molecule has 0 aromatic carbocycles. The summed E-state index contributed by atoms with van der Waals surface area (Å²) in [7, 11) is 4.53. The van der Waals surface area contributed by atoms with Gasteiger partial charge < -0.3 is 9.47 Å². The van der Waals surface area contributed by atoms with Gasteiger partial charge in [-0.15, -0.1) is 0 Å². The molecule has 11 heavy (non-hydrogen) atoms. The number of hydrogen-bond acceptors (Lipinski definition) is 5. The molecule has 0 unspecified atom stereocenters. The van der Waals surface area contributed by atoms with E-state index >= 15 is 0 Å². The van der Waals surface area contributed by atoms with Crippen LogP contribution in [-0.2, 0) is 14.3 Å². The lowest BCUT2D eigenvalue weighted by Gasteiger charge is -2.06. The lowest BCUT2D eigenvalue weighted by molar-refractivity contribution is -0.140. The minimum atomic E-state index is -0.975. The van der Waals surface area contributed by atoms with E-state index in [1.165, 1.54) is 0 Å². The van der Waals surface area contributed by atoms with Crippen molar-refractivity contribution in [1.82, 2.24) is 4.90 Å². The first-order valence-corrected chi connectivity index (χ1v) is 2.99. The first-order chi connectivity index (χ1) is 5.06. The second-order valence-corrected chi connectivity index (χ2v) is 2.17. The highest BCUT2D eigenvalue weighted by Crippen LogP contribution is 1.85. The third-order valence-electron chi connectivity index (χ3n) is 0.809. The van der Waals surface area contributed by atoms with Crippen molar-refractivity contribution >= 4 is 12.1 Å². The largest absolute Gasteiger partial charge is 0.515 e. The Balaban J connectivity index is 3.61. The van der Waals surface area contributed by atoms with Gasteiger partial charge in [-0.3, -0.25) is 9.69 Å². The van der Waals surface area contributed by atoms with Crippen LogP contribution in [0.1, 0.15) is 0 Å². The second kappa shape index (κ2) is 4.68. The minimum Gasteiger partial charge on any atom is -0.437 e. The quantitative estimate of drug-likeness (QED) is 0.416. The zero-order valence-corrected chi connectivity index (χ0v) is 6.79. The third-order valence-corrected chi connectivity index (χ3v) is 0.809. The van der Waals surface area contributed by atoms with E-state index in [2.05, 4.69) is 9.47 Å². The summed E-state index contributed by atoms with van der Waals surface area (Å²) in [5, 5.41) is 0. The Bertz CT molecular complexity index is 155. The average Bonchev–Trinajstić information content (AvgIpc) is 1.85. The molecule has 5 nitrogen and oxygen atoms in total. The minimum absolute atomic E-state index is 0.0646. The van der Waals surface area contributed by atoms with E-state index in [4.69, 9.17) is 0 Å². The fourth-order valence-corrected chi connectivity index (χ4v) is 0.425. The van der Waals surface area contributed by atoms with Gasteiger partial charge in [-0.25, -0.2) is 4.79 Å². The lowest BCUT2D eigenvalue weighted by Crippen LogP contribution is -2.25. The van der Waals surface area contributed by atoms with E-state index in [0.717, 1.165) is 7.11 Å². The van der Waals surface area contributed by atoms with Crippen LogP contribution in [0.15, 0.2) is 0 Å². The number of hydrogen-bond donors (Lipinski definition) is 0. The molecule has 0 saturated carbocycles. The molecule has 0 rings (SSSR count). The molecule has 0 bridgehead atoms. The highest BCUT2D eigenvalue weighted by molar-refractivity contribution is 5.82. The van der Waals surface area contributed by atoms with Crippen LogP contribution in [0, 0.1) is 0 Å². The smallest absolute Gasteiger partial charge is 0.437 e. The van der Waals surface area contributed by atoms with Gasteiger partial charge in [0.25, 0.3) is 0 Å². The van der Waals surface area contributed by atoms with Crippen LogP contribution in [0.3, 0.4) is 0 Å². The number of ether oxygens (including phenoxy) is 2. The van der Waals surface area contributed by atoms with E-state index in [-0.39, 0.29) is 6.54 Å². The molecule has 0 fully saturated rings. The summed E-state index contributed by atoms with van der Waals surface area (Å²) in [6.07, 6.45) is -0.975. The average molecular weight is 161 g/mol. The molecule has 0 aliphatic rings. The van der Waals surface area contributed by atoms with Crippen LogP contribution in [0.2, 0.25) is 0 Å². The van der Waals surface area contributed by atoms with Crippen LogP contribution in [0.25, 0.3) is 0 Å². The van der Waals surface area contributed by atoms with Crippen molar-refractivity contribution in [3.05, 3.63) is 0 Å². The van der Waals surface area contributed by atoms with Gasteiger partial charge in [-0.05, 0) is 14.1 Å². The zero-order valence-electron chi connectivity index (χ0n) is 6.79. The maximum atomic E-state index is 10.7. The number of carbonyl (C=O) groups is 2. The summed E-state index contributed by atoms with van der Waals surface area (Å²) >= 11 is 0. The number of methoxy groups -OCH3 is 1. The maximum absolute atomic E-state index is 10.7. The maximum Gasteiger partial charge on any atom is 0.515 e.